The number of halogens is 3. The van der Waals surface area contributed by atoms with Crippen LogP contribution in [-0.4, -0.2) is 26.6 Å². The first-order chi connectivity index (χ1) is 9.46. The van der Waals surface area contributed by atoms with Gasteiger partial charge in [-0.2, -0.15) is 0 Å². The number of ether oxygens (including phenoxy) is 2. The van der Waals surface area contributed by atoms with Crippen molar-refractivity contribution in [1.29, 1.82) is 0 Å². The van der Waals surface area contributed by atoms with Crippen LogP contribution in [0.1, 0.15) is 31.4 Å². The molecular formula is C14H20F3NO2. The van der Waals surface area contributed by atoms with Crippen LogP contribution in [0, 0.1) is 0 Å². The van der Waals surface area contributed by atoms with E-state index in [1.807, 2.05) is 6.92 Å². The van der Waals surface area contributed by atoms with Gasteiger partial charge in [0.1, 0.15) is 5.75 Å². The quantitative estimate of drug-likeness (QED) is 0.741. The van der Waals surface area contributed by atoms with Gasteiger partial charge in [0, 0.05) is 19.3 Å². The largest absolute Gasteiger partial charge is 0.573 e. The molecule has 0 saturated carbocycles. The molecule has 0 bridgehead atoms. The summed E-state index contributed by atoms with van der Waals surface area (Å²) in [6, 6.07) is 6.03. The molecule has 1 N–H and O–H groups in total. The van der Waals surface area contributed by atoms with Crippen molar-refractivity contribution in [3.8, 4) is 5.75 Å². The van der Waals surface area contributed by atoms with Gasteiger partial charge in [-0.3, -0.25) is 0 Å². The molecule has 1 aromatic rings. The van der Waals surface area contributed by atoms with E-state index in [0.29, 0.717) is 13.2 Å². The van der Waals surface area contributed by atoms with Crippen LogP contribution >= 0.6 is 0 Å². The number of hydrogen-bond acceptors (Lipinski definition) is 3. The number of hydrogen-bond donors (Lipinski definition) is 1. The van der Waals surface area contributed by atoms with E-state index >= 15 is 0 Å². The van der Waals surface area contributed by atoms with E-state index in [-0.39, 0.29) is 11.8 Å². The lowest BCUT2D eigenvalue weighted by atomic mass is 10.0. The maximum atomic E-state index is 12.2. The SMILES string of the molecule is CCOCCCC(NC)c1cccc(OC(F)(F)F)c1. The highest BCUT2D eigenvalue weighted by Gasteiger charge is 2.31. The smallest absolute Gasteiger partial charge is 0.406 e. The second-order valence-corrected chi connectivity index (χ2v) is 4.30. The monoisotopic (exact) mass is 291 g/mol. The van der Waals surface area contributed by atoms with E-state index in [1.165, 1.54) is 12.1 Å². The minimum Gasteiger partial charge on any atom is -0.406 e. The van der Waals surface area contributed by atoms with Gasteiger partial charge in [-0.15, -0.1) is 13.2 Å². The average molecular weight is 291 g/mol. The summed E-state index contributed by atoms with van der Waals surface area (Å²) in [6.07, 6.45) is -3.04. The fraction of sp³-hybridized carbons (Fsp3) is 0.571. The van der Waals surface area contributed by atoms with E-state index in [1.54, 1.807) is 19.2 Å². The van der Waals surface area contributed by atoms with Crippen LogP contribution in [-0.2, 0) is 4.74 Å². The van der Waals surface area contributed by atoms with Crippen LogP contribution in [0.3, 0.4) is 0 Å². The van der Waals surface area contributed by atoms with Crippen molar-refractivity contribution >= 4 is 0 Å². The third kappa shape index (κ3) is 6.25. The molecule has 0 aliphatic heterocycles. The molecule has 0 radical (unpaired) electrons. The third-order valence-electron chi connectivity index (χ3n) is 2.83. The highest BCUT2D eigenvalue weighted by atomic mass is 19.4. The van der Waals surface area contributed by atoms with E-state index in [4.69, 9.17) is 4.74 Å². The molecule has 0 heterocycles. The Kier molecular flexibility index (Phi) is 6.81. The third-order valence-corrected chi connectivity index (χ3v) is 2.83. The fourth-order valence-corrected chi connectivity index (χ4v) is 1.94. The molecule has 0 aromatic heterocycles. The van der Waals surface area contributed by atoms with Gasteiger partial charge in [0.2, 0.25) is 0 Å². The van der Waals surface area contributed by atoms with Gasteiger partial charge in [-0.25, -0.2) is 0 Å². The Morgan fingerprint density at radius 2 is 2.05 bits per heavy atom. The van der Waals surface area contributed by atoms with Gasteiger partial charge in [0.25, 0.3) is 0 Å². The van der Waals surface area contributed by atoms with Crippen molar-refractivity contribution in [3.63, 3.8) is 0 Å². The summed E-state index contributed by atoms with van der Waals surface area (Å²) >= 11 is 0. The van der Waals surface area contributed by atoms with Crippen molar-refractivity contribution in [2.45, 2.75) is 32.2 Å². The molecule has 1 aromatic carbocycles. The van der Waals surface area contributed by atoms with Crippen LogP contribution < -0.4 is 10.1 Å². The molecule has 0 fully saturated rings. The van der Waals surface area contributed by atoms with Crippen LogP contribution in [0.4, 0.5) is 13.2 Å². The lowest BCUT2D eigenvalue weighted by molar-refractivity contribution is -0.274. The van der Waals surface area contributed by atoms with Crippen LogP contribution in [0.25, 0.3) is 0 Å². The van der Waals surface area contributed by atoms with Gasteiger partial charge in [0.05, 0.1) is 0 Å². The standard InChI is InChI=1S/C14H20F3NO2/c1-3-19-9-5-8-13(18-2)11-6-4-7-12(10-11)20-14(15,16)17/h4,6-7,10,13,18H,3,5,8-9H2,1-2H3. The Hall–Kier alpha value is -1.27. The average Bonchev–Trinajstić information content (AvgIpc) is 2.37. The Morgan fingerprint density at radius 3 is 2.65 bits per heavy atom. The molecule has 1 atom stereocenters. The van der Waals surface area contributed by atoms with Crippen LogP contribution in [0.5, 0.6) is 5.75 Å². The number of benzene rings is 1. The molecule has 0 saturated heterocycles. The lowest BCUT2D eigenvalue weighted by Crippen LogP contribution is -2.19. The molecule has 1 rings (SSSR count). The molecule has 0 spiro atoms. The minimum absolute atomic E-state index is 0.0211. The predicted octanol–water partition coefficient (Wildman–Crippen LogP) is 3.66. The number of nitrogens with one attached hydrogen (secondary N) is 1. The molecule has 0 amide bonds. The van der Waals surface area contributed by atoms with Crippen molar-refractivity contribution in [3.05, 3.63) is 29.8 Å². The molecule has 0 aliphatic carbocycles. The zero-order valence-corrected chi connectivity index (χ0v) is 11.7. The highest BCUT2D eigenvalue weighted by Crippen LogP contribution is 2.26. The summed E-state index contributed by atoms with van der Waals surface area (Å²) in [5.41, 5.74) is 0.769. The molecule has 1 unspecified atom stereocenters. The van der Waals surface area contributed by atoms with Gasteiger partial charge in [-0.1, -0.05) is 12.1 Å². The summed E-state index contributed by atoms with van der Waals surface area (Å²) in [7, 11) is 1.78. The predicted molar refractivity (Wildman–Crippen MR) is 70.7 cm³/mol. The number of rotatable bonds is 8. The van der Waals surface area contributed by atoms with E-state index in [2.05, 4.69) is 10.1 Å². The Labute approximate surface area is 117 Å². The topological polar surface area (TPSA) is 30.5 Å². The zero-order chi connectivity index (χ0) is 15.0. The van der Waals surface area contributed by atoms with Gasteiger partial charge >= 0.3 is 6.36 Å². The van der Waals surface area contributed by atoms with Gasteiger partial charge in [0.15, 0.2) is 0 Å². The van der Waals surface area contributed by atoms with Crippen molar-refractivity contribution in [2.75, 3.05) is 20.3 Å². The van der Waals surface area contributed by atoms with E-state index in [9.17, 15) is 13.2 Å². The van der Waals surface area contributed by atoms with E-state index in [0.717, 1.165) is 18.4 Å². The molecule has 20 heavy (non-hydrogen) atoms. The lowest BCUT2D eigenvalue weighted by Gasteiger charge is -2.18. The second-order valence-electron chi connectivity index (χ2n) is 4.30. The fourth-order valence-electron chi connectivity index (χ4n) is 1.94. The molecular weight excluding hydrogens is 271 g/mol. The normalized spacial score (nSPS) is 13.2. The van der Waals surface area contributed by atoms with Crippen molar-refractivity contribution in [2.24, 2.45) is 0 Å². The molecule has 3 nitrogen and oxygen atoms in total. The maximum absolute atomic E-state index is 12.2. The van der Waals surface area contributed by atoms with Crippen LogP contribution in [0.2, 0.25) is 0 Å². The Bertz CT molecular complexity index is 396. The Morgan fingerprint density at radius 1 is 1.30 bits per heavy atom. The zero-order valence-electron chi connectivity index (χ0n) is 11.7. The highest BCUT2D eigenvalue weighted by molar-refractivity contribution is 5.30. The van der Waals surface area contributed by atoms with E-state index < -0.39 is 6.36 Å². The summed E-state index contributed by atoms with van der Waals surface area (Å²) in [4.78, 5) is 0. The first-order valence-electron chi connectivity index (χ1n) is 6.57. The minimum atomic E-state index is -4.66. The second kappa shape index (κ2) is 8.11. The molecule has 114 valence electrons. The van der Waals surface area contributed by atoms with Crippen LogP contribution in [0.15, 0.2) is 24.3 Å². The summed E-state index contributed by atoms with van der Waals surface area (Å²) in [6.45, 7) is 3.24. The first-order valence-corrected chi connectivity index (χ1v) is 6.57. The molecule has 0 aliphatic rings. The van der Waals surface area contributed by atoms with Crippen molar-refractivity contribution in [1.82, 2.24) is 5.32 Å². The molecule has 6 heteroatoms. The first kappa shape index (κ1) is 16.8. The summed E-state index contributed by atoms with van der Waals surface area (Å²) in [5, 5.41) is 3.09. The number of alkyl halides is 3. The Balaban J connectivity index is 2.65. The van der Waals surface area contributed by atoms with Gasteiger partial charge in [-0.05, 0) is 44.5 Å². The summed E-state index contributed by atoms with van der Waals surface area (Å²) < 4.78 is 45.7. The van der Waals surface area contributed by atoms with Gasteiger partial charge < -0.3 is 14.8 Å². The summed E-state index contributed by atoms with van der Waals surface area (Å²) in [5.74, 6) is -0.194. The maximum Gasteiger partial charge on any atom is 0.573 e. The van der Waals surface area contributed by atoms with Crippen molar-refractivity contribution < 1.29 is 22.6 Å².